The highest BCUT2D eigenvalue weighted by Gasteiger charge is 2.54. The molecule has 48 heavy (non-hydrogen) atoms. The van der Waals surface area contributed by atoms with Crippen LogP contribution in [0.4, 0.5) is 0 Å². The molecule has 0 radical (unpaired) electrons. The third-order valence-corrected chi connectivity index (χ3v) is 12.2. The van der Waals surface area contributed by atoms with Crippen LogP contribution in [0.5, 0.6) is 5.75 Å². The SMILES string of the molecule is COc1ccc2c(c1)C1CN(Cc3ccccc3)CC1(C(O)O)Cn1c-2c(C2CCCCC2)c2ccc(C(=O)NS(=O)(=O)N(C)C)cc21. The Morgan fingerprint density at radius 2 is 1.77 bits per heavy atom. The van der Waals surface area contributed by atoms with Crippen molar-refractivity contribution < 1.29 is 28.2 Å². The van der Waals surface area contributed by atoms with Crippen LogP contribution in [0, 0.1) is 5.41 Å². The lowest BCUT2D eigenvalue weighted by molar-refractivity contribution is -0.142. The maximum atomic E-state index is 13.4. The average Bonchev–Trinajstić information content (AvgIpc) is 3.57. The minimum absolute atomic E-state index is 0.217. The molecule has 10 nitrogen and oxygen atoms in total. The van der Waals surface area contributed by atoms with Crippen molar-refractivity contribution in [3.8, 4) is 17.0 Å². The number of aliphatic hydroxyl groups excluding tert-OH is 1. The van der Waals surface area contributed by atoms with E-state index in [9.17, 15) is 23.4 Å². The molecule has 2 fully saturated rings. The Morgan fingerprint density at radius 1 is 1.02 bits per heavy atom. The maximum absolute atomic E-state index is 13.4. The van der Waals surface area contributed by atoms with E-state index in [1.54, 1.807) is 19.2 Å². The second-order valence-electron chi connectivity index (χ2n) is 13.9. The van der Waals surface area contributed by atoms with E-state index in [1.165, 1.54) is 26.1 Å². The molecule has 3 heterocycles. The van der Waals surface area contributed by atoms with Gasteiger partial charge in [-0.25, -0.2) is 4.72 Å². The van der Waals surface area contributed by atoms with E-state index in [1.807, 2.05) is 30.3 Å². The lowest BCUT2D eigenvalue weighted by atomic mass is 9.72. The highest BCUT2D eigenvalue weighted by molar-refractivity contribution is 7.87. The number of aromatic nitrogens is 1. The van der Waals surface area contributed by atoms with Crippen molar-refractivity contribution in [2.45, 2.75) is 63.3 Å². The molecule has 1 aliphatic carbocycles. The third-order valence-electron chi connectivity index (χ3n) is 10.8. The monoisotopic (exact) mass is 672 g/mol. The number of aliphatic hydroxyl groups is 2. The number of rotatable bonds is 8. The standard InChI is InChI=1S/C37H44N4O6S/c1-39(2)48(45,46)38-35(42)26-14-16-29-32(18-26)41-23-37(36(43)44)22-40(20-24-10-6-4-7-11-24)21-31(37)30-19-27(47-3)15-17-28(30)34(41)33(29)25-12-8-5-9-13-25/h4,6-7,10-11,14-19,25,31,36,43-44H,5,8-9,12-13,20-23H2,1-3H3,(H,38,42). The summed E-state index contributed by atoms with van der Waals surface area (Å²) in [4.78, 5) is 15.7. The van der Waals surface area contributed by atoms with Gasteiger partial charge in [0, 0.05) is 68.2 Å². The first-order valence-corrected chi connectivity index (χ1v) is 18.2. The molecule has 3 aromatic carbocycles. The quantitative estimate of drug-likeness (QED) is 0.230. The van der Waals surface area contributed by atoms with Crippen molar-refractivity contribution in [3.63, 3.8) is 0 Å². The van der Waals surface area contributed by atoms with E-state index < -0.39 is 27.8 Å². The molecule has 2 aliphatic heterocycles. The molecule has 7 rings (SSSR count). The van der Waals surface area contributed by atoms with Crippen LogP contribution in [0.2, 0.25) is 0 Å². The molecule has 0 bridgehead atoms. The number of benzene rings is 3. The number of nitrogens with zero attached hydrogens (tertiary/aromatic N) is 3. The Morgan fingerprint density at radius 3 is 2.46 bits per heavy atom. The summed E-state index contributed by atoms with van der Waals surface area (Å²) in [7, 11) is 0.384. The van der Waals surface area contributed by atoms with E-state index >= 15 is 0 Å². The zero-order chi connectivity index (χ0) is 33.8. The Kier molecular flexibility index (Phi) is 8.62. The number of fused-ring (bicyclic) bond motifs is 7. The first-order chi connectivity index (χ1) is 23.0. The number of carbonyl (C=O) groups is 1. The summed E-state index contributed by atoms with van der Waals surface area (Å²) in [5.41, 5.74) is 5.47. The predicted molar refractivity (Wildman–Crippen MR) is 185 cm³/mol. The molecule has 254 valence electrons. The van der Waals surface area contributed by atoms with Crippen LogP contribution in [0.25, 0.3) is 22.2 Å². The zero-order valence-corrected chi connectivity index (χ0v) is 28.5. The number of nitrogens with one attached hydrogen (secondary N) is 1. The van der Waals surface area contributed by atoms with Gasteiger partial charge >= 0.3 is 10.2 Å². The molecule has 1 saturated carbocycles. The molecule has 1 amide bonds. The smallest absolute Gasteiger partial charge is 0.303 e. The topological polar surface area (TPSA) is 124 Å². The molecule has 1 aromatic heterocycles. The molecule has 1 saturated heterocycles. The van der Waals surface area contributed by atoms with Crippen LogP contribution in [-0.4, -0.2) is 78.9 Å². The van der Waals surface area contributed by atoms with E-state index in [0.717, 1.165) is 63.3 Å². The minimum Gasteiger partial charge on any atom is -0.497 e. The third kappa shape index (κ3) is 5.61. The van der Waals surface area contributed by atoms with Crippen LogP contribution >= 0.6 is 0 Å². The van der Waals surface area contributed by atoms with Crippen molar-refractivity contribution in [3.05, 3.63) is 89.0 Å². The maximum Gasteiger partial charge on any atom is 0.303 e. The van der Waals surface area contributed by atoms with Crippen LogP contribution < -0.4 is 9.46 Å². The number of carbonyl (C=O) groups excluding carboxylic acids is 1. The molecule has 3 N–H and O–H groups in total. The number of likely N-dealkylation sites (tertiary alicyclic amines) is 1. The van der Waals surface area contributed by atoms with Crippen LogP contribution in [0.15, 0.2) is 66.7 Å². The van der Waals surface area contributed by atoms with Crippen LogP contribution in [0.1, 0.15) is 71.0 Å². The van der Waals surface area contributed by atoms with Gasteiger partial charge in [-0.05, 0) is 65.8 Å². The number of hydrogen-bond acceptors (Lipinski definition) is 7. The minimum atomic E-state index is -4.00. The molecular weight excluding hydrogens is 628 g/mol. The lowest BCUT2D eigenvalue weighted by Crippen LogP contribution is -2.44. The van der Waals surface area contributed by atoms with Gasteiger partial charge < -0.3 is 19.5 Å². The molecular formula is C37H44N4O6S. The van der Waals surface area contributed by atoms with Crippen molar-refractivity contribution >= 4 is 27.0 Å². The van der Waals surface area contributed by atoms with Crippen molar-refractivity contribution in [2.75, 3.05) is 34.3 Å². The second kappa shape index (κ2) is 12.6. The number of amides is 1. The summed E-state index contributed by atoms with van der Waals surface area (Å²) in [5, 5.41) is 23.9. The molecule has 4 aromatic rings. The van der Waals surface area contributed by atoms with Gasteiger partial charge in [-0.3, -0.25) is 9.69 Å². The van der Waals surface area contributed by atoms with E-state index in [0.29, 0.717) is 37.8 Å². The van der Waals surface area contributed by atoms with Gasteiger partial charge in [0.15, 0.2) is 6.29 Å². The van der Waals surface area contributed by atoms with E-state index in [4.69, 9.17) is 4.74 Å². The fourth-order valence-corrected chi connectivity index (χ4v) is 8.95. The van der Waals surface area contributed by atoms with Crippen LogP contribution in [-0.2, 0) is 23.3 Å². The fourth-order valence-electron chi connectivity index (χ4n) is 8.41. The van der Waals surface area contributed by atoms with Gasteiger partial charge in [-0.2, -0.15) is 12.7 Å². The first kappa shape index (κ1) is 32.8. The summed E-state index contributed by atoms with van der Waals surface area (Å²) in [5.74, 6) is 0.0613. The Labute approximate surface area is 282 Å². The van der Waals surface area contributed by atoms with Gasteiger partial charge in [-0.15, -0.1) is 0 Å². The number of ether oxygens (including phenoxy) is 1. The normalized spacial score (nSPS) is 21.6. The first-order valence-electron chi connectivity index (χ1n) is 16.7. The predicted octanol–water partition coefficient (Wildman–Crippen LogP) is 4.81. The Balaban J connectivity index is 1.45. The highest BCUT2D eigenvalue weighted by Crippen LogP contribution is 2.56. The highest BCUT2D eigenvalue weighted by atomic mass is 32.2. The van der Waals surface area contributed by atoms with Crippen molar-refractivity contribution in [1.82, 2.24) is 18.5 Å². The largest absolute Gasteiger partial charge is 0.497 e. The fraction of sp³-hybridized carbons (Fsp3) is 0.432. The van der Waals surface area contributed by atoms with Crippen molar-refractivity contribution in [1.29, 1.82) is 0 Å². The van der Waals surface area contributed by atoms with Gasteiger partial charge in [0.2, 0.25) is 0 Å². The van der Waals surface area contributed by atoms with Crippen LogP contribution in [0.3, 0.4) is 0 Å². The molecule has 11 heteroatoms. The summed E-state index contributed by atoms with van der Waals surface area (Å²) in [6.07, 6.45) is 3.91. The summed E-state index contributed by atoms with van der Waals surface area (Å²) < 4.78 is 36.2. The molecule has 2 atom stereocenters. The van der Waals surface area contributed by atoms with Gasteiger partial charge in [0.1, 0.15) is 5.75 Å². The molecule has 3 aliphatic rings. The summed E-state index contributed by atoms with van der Waals surface area (Å²) in [6.45, 7) is 2.05. The van der Waals surface area contributed by atoms with Crippen molar-refractivity contribution in [2.24, 2.45) is 5.41 Å². The summed E-state index contributed by atoms with van der Waals surface area (Å²) >= 11 is 0. The number of hydrogen-bond donors (Lipinski definition) is 3. The van der Waals surface area contributed by atoms with E-state index in [2.05, 4.69) is 38.5 Å². The van der Waals surface area contributed by atoms with E-state index in [-0.39, 0.29) is 11.5 Å². The molecule has 2 unspecified atom stereocenters. The van der Waals surface area contributed by atoms with Gasteiger partial charge in [-0.1, -0.05) is 55.7 Å². The number of methoxy groups -OCH3 is 1. The zero-order valence-electron chi connectivity index (χ0n) is 27.7. The lowest BCUT2D eigenvalue weighted by Gasteiger charge is -2.36. The Hall–Kier alpha value is -3.74. The Bertz CT molecular complexity index is 1950. The van der Waals surface area contributed by atoms with Gasteiger partial charge in [0.25, 0.3) is 5.91 Å². The average molecular weight is 673 g/mol. The summed E-state index contributed by atoms with van der Waals surface area (Å²) in [6, 6.07) is 21.7. The van der Waals surface area contributed by atoms with Gasteiger partial charge in [0.05, 0.1) is 18.2 Å². The molecule has 0 spiro atoms. The second-order valence-corrected chi connectivity index (χ2v) is 15.8.